The zero-order valence-electron chi connectivity index (χ0n) is 14.6. The second-order valence-corrected chi connectivity index (χ2v) is 8.74. The highest BCUT2D eigenvalue weighted by atomic mass is 32.2. The maximum absolute atomic E-state index is 14.3. The van der Waals surface area contributed by atoms with Gasteiger partial charge < -0.3 is 4.90 Å². The fraction of sp³-hybridized carbons (Fsp3) is 0.316. The normalized spacial score (nSPS) is 16.3. The number of benzene rings is 2. The number of amides is 2. The van der Waals surface area contributed by atoms with Gasteiger partial charge in [0.1, 0.15) is 5.82 Å². The lowest BCUT2D eigenvalue weighted by Crippen LogP contribution is -2.49. The van der Waals surface area contributed by atoms with E-state index in [2.05, 4.69) is 0 Å². The number of hydrogen-bond donors (Lipinski definition) is 0. The predicted molar refractivity (Wildman–Crippen MR) is 99.4 cm³/mol. The Hall–Kier alpha value is -2.41. The van der Waals surface area contributed by atoms with Crippen LogP contribution in [0.5, 0.6) is 0 Å². The molecule has 0 aliphatic carbocycles. The fourth-order valence-corrected chi connectivity index (χ4v) is 4.10. The van der Waals surface area contributed by atoms with Gasteiger partial charge in [0.15, 0.2) is 9.84 Å². The Balaban J connectivity index is 1.87. The SMILES string of the molecule is Cc1ccc(CN(C(=O)N2CCS(=O)(=O)CC2)c2ccccc2)c(F)c1. The molecule has 0 unspecified atom stereocenters. The van der Waals surface area contributed by atoms with Gasteiger partial charge in [-0.05, 0) is 30.7 Å². The molecule has 0 N–H and O–H groups in total. The molecule has 1 heterocycles. The van der Waals surface area contributed by atoms with Gasteiger partial charge in [-0.25, -0.2) is 17.6 Å². The minimum Gasteiger partial charge on any atom is -0.322 e. The maximum Gasteiger partial charge on any atom is 0.324 e. The monoisotopic (exact) mass is 376 g/mol. The molecule has 1 fully saturated rings. The molecule has 5 nitrogen and oxygen atoms in total. The van der Waals surface area contributed by atoms with Crippen LogP contribution in [0.4, 0.5) is 14.9 Å². The van der Waals surface area contributed by atoms with Crippen molar-refractivity contribution < 1.29 is 17.6 Å². The van der Waals surface area contributed by atoms with Crippen molar-refractivity contribution in [1.82, 2.24) is 4.90 Å². The van der Waals surface area contributed by atoms with Gasteiger partial charge >= 0.3 is 6.03 Å². The van der Waals surface area contributed by atoms with Crippen molar-refractivity contribution in [3.63, 3.8) is 0 Å². The largest absolute Gasteiger partial charge is 0.324 e. The van der Waals surface area contributed by atoms with Crippen molar-refractivity contribution in [3.8, 4) is 0 Å². The van der Waals surface area contributed by atoms with Crippen molar-refractivity contribution >= 4 is 21.6 Å². The predicted octanol–water partition coefficient (Wildman–Crippen LogP) is 2.99. The highest BCUT2D eigenvalue weighted by Crippen LogP contribution is 2.21. The summed E-state index contributed by atoms with van der Waals surface area (Å²) in [6.07, 6.45) is 0. The van der Waals surface area contributed by atoms with Crippen LogP contribution in [0, 0.1) is 12.7 Å². The number of hydrogen-bond acceptors (Lipinski definition) is 3. The van der Waals surface area contributed by atoms with E-state index < -0.39 is 9.84 Å². The molecule has 138 valence electrons. The molecule has 1 saturated heterocycles. The smallest absolute Gasteiger partial charge is 0.322 e. The number of rotatable bonds is 3. The summed E-state index contributed by atoms with van der Waals surface area (Å²) in [5, 5.41) is 0. The number of aryl methyl sites for hydroxylation is 1. The summed E-state index contributed by atoms with van der Waals surface area (Å²) in [5.74, 6) is -0.444. The number of urea groups is 1. The van der Waals surface area contributed by atoms with Gasteiger partial charge in [0.05, 0.1) is 18.1 Å². The van der Waals surface area contributed by atoms with E-state index in [4.69, 9.17) is 0 Å². The quantitative estimate of drug-likeness (QED) is 0.827. The Kier molecular flexibility index (Phi) is 5.27. The Labute approximate surface area is 153 Å². The summed E-state index contributed by atoms with van der Waals surface area (Å²) in [7, 11) is -3.08. The van der Waals surface area contributed by atoms with Gasteiger partial charge in [0, 0.05) is 24.3 Å². The Morgan fingerprint density at radius 3 is 2.38 bits per heavy atom. The minimum absolute atomic E-state index is 0.0414. The minimum atomic E-state index is -3.08. The number of carbonyl (C=O) groups excluding carboxylic acids is 1. The lowest BCUT2D eigenvalue weighted by molar-refractivity contribution is 0.208. The summed E-state index contributed by atoms with van der Waals surface area (Å²) in [6, 6.07) is 13.6. The topological polar surface area (TPSA) is 57.7 Å². The van der Waals surface area contributed by atoms with E-state index >= 15 is 0 Å². The number of halogens is 1. The first-order valence-corrected chi connectivity index (χ1v) is 10.2. The molecule has 0 aromatic heterocycles. The van der Waals surface area contributed by atoms with E-state index in [9.17, 15) is 17.6 Å². The molecule has 0 atom stereocenters. The third-order valence-electron chi connectivity index (χ3n) is 4.45. The zero-order chi connectivity index (χ0) is 18.7. The van der Waals surface area contributed by atoms with Gasteiger partial charge in [0.25, 0.3) is 0 Å². The number of anilines is 1. The molecular weight excluding hydrogens is 355 g/mol. The molecule has 3 rings (SSSR count). The van der Waals surface area contributed by atoms with Crippen molar-refractivity contribution in [2.45, 2.75) is 13.5 Å². The van der Waals surface area contributed by atoms with Gasteiger partial charge in [0.2, 0.25) is 0 Å². The molecule has 7 heteroatoms. The van der Waals surface area contributed by atoms with Crippen LogP contribution in [0.25, 0.3) is 0 Å². The molecule has 2 amide bonds. The van der Waals surface area contributed by atoms with Crippen LogP contribution >= 0.6 is 0 Å². The van der Waals surface area contributed by atoms with Crippen LogP contribution < -0.4 is 4.90 Å². The summed E-state index contributed by atoms with van der Waals surface area (Å²) in [6.45, 7) is 2.20. The van der Waals surface area contributed by atoms with Gasteiger partial charge in [-0.15, -0.1) is 0 Å². The van der Waals surface area contributed by atoms with Crippen molar-refractivity contribution in [3.05, 3.63) is 65.5 Å². The molecule has 26 heavy (non-hydrogen) atoms. The molecule has 1 aliphatic rings. The molecular formula is C19H21FN2O3S. The zero-order valence-corrected chi connectivity index (χ0v) is 15.4. The van der Waals surface area contributed by atoms with Crippen LogP contribution in [0.3, 0.4) is 0 Å². The number of nitrogens with zero attached hydrogens (tertiary/aromatic N) is 2. The van der Waals surface area contributed by atoms with Crippen LogP contribution in [0.1, 0.15) is 11.1 Å². The second-order valence-electron chi connectivity index (χ2n) is 6.44. The van der Waals surface area contributed by atoms with E-state index in [1.54, 1.807) is 31.2 Å². The summed E-state index contributed by atoms with van der Waals surface area (Å²) < 4.78 is 37.6. The Bertz CT molecular complexity index is 886. The van der Waals surface area contributed by atoms with Crippen LogP contribution in [0.2, 0.25) is 0 Å². The molecule has 0 radical (unpaired) electrons. The first-order chi connectivity index (χ1) is 12.4. The highest BCUT2D eigenvalue weighted by Gasteiger charge is 2.29. The standard InChI is InChI=1S/C19H21FN2O3S/c1-15-7-8-16(18(20)13-15)14-22(17-5-3-2-4-6-17)19(23)21-9-11-26(24,25)12-10-21/h2-8,13H,9-12,14H2,1H3. The third-order valence-corrected chi connectivity index (χ3v) is 6.06. The van der Waals surface area contributed by atoms with Crippen molar-refractivity contribution in [2.24, 2.45) is 0 Å². The van der Waals surface area contributed by atoms with Gasteiger partial charge in [-0.1, -0.05) is 30.3 Å². The molecule has 1 aliphatic heterocycles. The van der Waals surface area contributed by atoms with Crippen LogP contribution in [-0.4, -0.2) is 43.9 Å². The maximum atomic E-state index is 14.3. The highest BCUT2D eigenvalue weighted by molar-refractivity contribution is 7.91. The molecule has 2 aromatic carbocycles. The first-order valence-electron chi connectivity index (χ1n) is 8.43. The third kappa shape index (κ3) is 4.22. The van der Waals surface area contributed by atoms with Crippen molar-refractivity contribution in [2.75, 3.05) is 29.5 Å². The number of para-hydroxylation sites is 1. The second kappa shape index (κ2) is 7.45. The average Bonchev–Trinajstić information content (AvgIpc) is 2.61. The Morgan fingerprint density at radius 1 is 1.12 bits per heavy atom. The lowest BCUT2D eigenvalue weighted by Gasteiger charge is -2.33. The van der Waals surface area contributed by atoms with Gasteiger partial charge in [-0.3, -0.25) is 4.90 Å². The summed E-state index contributed by atoms with van der Waals surface area (Å²) in [4.78, 5) is 16.0. The lowest BCUT2D eigenvalue weighted by atomic mass is 10.1. The van der Waals surface area contributed by atoms with E-state index in [1.165, 1.54) is 15.9 Å². The molecule has 0 spiro atoms. The van der Waals surface area contributed by atoms with E-state index in [-0.39, 0.29) is 43.0 Å². The summed E-state index contributed by atoms with van der Waals surface area (Å²) in [5.41, 5.74) is 1.87. The summed E-state index contributed by atoms with van der Waals surface area (Å²) >= 11 is 0. The number of carbonyl (C=O) groups is 1. The van der Waals surface area contributed by atoms with E-state index in [0.717, 1.165) is 5.56 Å². The van der Waals surface area contributed by atoms with Gasteiger partial charge in [-0.2, -0.15) is 0 Å². The van der Waals surface area contributed by atoms with E-state index in [1.807, 2.05) is 18.2 Å². The Morgan fingerprint density at radius 2 is 1.77 bits per heavy atom. The average molecular weight is 376 g/mol. The first kappa shape index (κ1) is 18.4. The molecule has 0 bridgehead atoms. The molecule has 2 aromatic rings. The van der Waals surface area contributed by atoms with E-state index in [0.29, 0.717) is 11.3 Å². The molecule has 0 saturated carbocycles. The van der Waals surface area contributed by atoms with Crippen molar-refractivity contribution in [1.29, 1.82) is 0 Å². The number of sulfone groups is 1. The van der Waals surface area contributed by atoms with Crippen LogP contribution in [0.15, 0.2) is 48.5 Å². The van der Waals surface area contributed by atoms with Crippen LogP contribution in [-0.2, 0) is 16.4 Å². The fourth-order valence-electron chi connectivity index (χ4n) is 2.90.